The standard InChI is InChI=1S/C15H16N2O5/c1-3-12(7-4-10(2)15(19)20)16-14(18)11-5-8-13(9-6-11)17(21)22/h3-10H,1-2H3,(H,16,18)(H,19,20)/b7-4-,12-3+. The minimum absolute atomic E-state index is 0.0991. The fourth-order valence-corrected chi connectivity index (χ4v) is 1.48. The first kappa shape index (κ1) is 17.1. The molecule has 0 spiro atoms. The normalized spacial score (nSPS) is 12.9. The fraction of sp³-hybridized carbons (Fsp3) is 0.200. The Morgan fingerprint density at radius 3 is 2.36 bits per heavy atom. The molecule has 1 amide bonds. The second-order valence-corrected chi connectivity index (χ2v) is 4.49. The van der Waals surface area contributed by atoms with Crippen LogP contribution in [0.5, 0.6) is 0 Å². The van der Waals surface area contributed by atoms with Crippen molar-refractivity contribution < 1.29 is 19.6 Å². The van der Waals surface area contributed by atoms with Gasteiger partial charge in [0.25, 0.3) is 11.6 Å². The van der Waals surface area contributed by atoms with E-state index in [4.69, 9.17) is 5.11 Å². The zero-order valence-electron chi connectivity index (χ0n) is 12.1. The molecule has 0 heterocycles. The van der Waals surface area contributed by atoms with Crippen LogP contribution in [-0.2, 0) is 4.79 Å². The summed E-state index contributed by atoms with van der Waals surface area (Å²) < 4.78 is 0. The van der Waals surface area contributed by atoms with Gasteiger partial charge in [0, 0.05) is 23.4 Å². The molecule has 0 aliphatic heterocycles. The van der Waals surface area contributed by atoms with Crippen LogP contribution in [0, 0.1) is 16.0 Å². The van der Waals surface area contributed by atoms with Crippen LogP contribution in [0.25, 0.3) is 0 Å². The Morgan fingerprint density at radius 1 is 1.32 bits per heavy atom. The number of nitro benzene ring substituents is 1. The number of carboxylic acids is 1. The Labute approximate surface area is 127 Å². The highest BCUT2D eigenvalue weighted by molar-refractivity contribution is 5.95. The molecule has 0 aromatic heterocycles. The number of hydrogen-bond donors (Lipinski definition) is 2. The molecule has 0 saturated carbocycles. The van der Waals surface area contributed by atoms with Gasteiger partial charge in [-0.1, -0.05) is 12.2 Å². The van der Waals surface area contributed by atoms with Gasteiger partial charge in [-0.05, 0) is 32.1 Å². The topological polar surface area (TPSA) is 110 Å². The minimum Gasteiger partial charge on any atom is -0.481 e. The fourth-order valence-electron chi connectivity index (χ4n) is 1.48. The van der Waals surface area contributed by atoms with E-state index in [1.165, 1.54) is 43.3 Å². The third kappa shape index (κ3) is 4.86. The van der Waals surface area contributed by atoms with Crippen LogP contribution < -0.4 is 5.32 Å². The second kappa shape index (κ2) is 7.72. The summed E-state index contributed by atoms with van der Waals surface area (Å²) in [5.41, 5.74) is 0.610. The number of nitro groups is 1. The van der Waals surface area contributed by atoms with E-state index in [2.05, 4.69) is 5.32 Å². The zero-order chi connectivity index (χ0) is 16.7. The van der Waals surface area contributed by atoms with Gasteiger partial charge in [0.15, 0.2) is 0 Å². The zero-order valence-corrected chi connectivity index (χ0v) is 12.1. The average molecular weight is 304 g/mol. The van der Waals surface area contributed by atoms with Crippen LogP contribution in [0.3, 0.4) is 0 Å². The molecule has 1 rings (SSSR count). The maximum absolute atomic E-state index is 12.0. The van der Waals surface area contributed by atoms with Crippen LogP contribution in [0.15, 0.2) is 48.2 Å². The lowest BCUT2D eigenvalue weighted by atomic mass is 10.1. The monoisotopic (exact) mass is 304 g/mol. The number of aliphatic carboxylic acids is 1. The van der Waals surface area contributed by atoms with Gasteiger partial charge < -0.3 is 10.4 Å². The predicted octanol–water partition coefficient (Wildman–Crippen LogP) is 2.51. The molecular formula is C15H16N2O5. The van der Waals surface area contributed by atoms with Gasteiger partial charge in [-0.25, -0.2) is 0 Å². The van der Waals surface area contributed by atoms with Gasteiger partial charge in [0.1, 0.15) is 0 Å². The molecule has 0 aliphatic carbocycles. The van der Waals surface area contributed by atoms with E-state index in [0.717, 1.165) is 0 Å². The Hall–Kier alpha value is -2.96. The molecule has 2 N–H and O–H groups in total. The van der Waals surface area contributed by atoms with Crippen molar-refractivity contribution in [3.8, 4) is 0 Å². The molecule has 1 aromatic carbocycles. The Kier molecular flexibility index (Phi) is 6.00. The van der Waals surface area contributed by atoms with Crippen molar-refractivity contribution in [2.75, 3.05) is 0 Å². The van der Waals surface area contributed by atoms with Gasteiger partial charge in [-0.3, -0.25) is 19.7 Å². The van der Waals surface area contributed by atoms with Crippen molar-refractivity contribution in [3.05, 3.63) is 63.9 Å². The van der Waals surface area contributed by atoms with Gasteiger partial charge >= 0.3 is 5.97 Å². The molecule has 0 bridgehead atoms. The lowest BCUT2D eigenvalue weighted by Gasteiger charge is -2.06. The molecular weight excluding hydrogens is 288 g/mol. The number of non-ortho nitro benzene ring substituents is 1. The highest BCUT2D eigenvalue weighted by Gasteiger charge is 2.10. The van der Waals surface area contributed by atoms with E-state index in [9.17, 15) is 19.7 Å². The van der Waals surface area contributed by atoms with Crippen LogP contribution in [0.1, 0.15) is 24.2 Å². The number of amides is 1. The summed E-state index contributed by atoms with van der Waals surface area (Å²) >= 11 is 0. The van der Waals surface area contributed by atoms with E-state index < -0.39 is 22.7 Å². The number of nitrogens with zero attached hydrogens (tertiary/aromatic N) is 1. The molecule has 0 saturated heterocycles. The largest absolute Gasteiger partial charge is 0.481 e. The predicted molar refractivity (Wildman–Crippen MR) is 80.3 cm³/mol. The molecule has 0 aliphatic rings. The second-order valence-electron chi connectivity index (χ2n) is 4.49. The highest BCUT2D eigenvalue weighted by Crippen LogP contribution is 2.12. The molecule has 0 fully saturated rings. The summed E-state index contributed by atoms with van der Waals surface area (Å²) in [6, 6.07) is 5.19. The van der Waals surface area contributed by atoms with Crippen molar-refractivity contribution in [2.45, 2.75) is 13.8 Å². The van der Waals surface area contributed by atoms with Crippen LogP contribution in [-0.4, -0.2) is 21.9 Å². The summed E-state index contributed by atoms with van der Waals surface area (Å²) in [5.74, 6) is -2.07. The SMILES string of the molecule is C/C=C(\C=C/C(C)C(=O)O)NC(=O)c1ccc([N+](=O)[O-])cc1. The number of benzene rings is 1. The van der Waals surface area contributed by atoms with Crippen molar-refractivity contribution in [3.63, 3.8) is 0 Å². The lowest BCUT2D eigenvalue weighted by Crippen LogP contribution is -2.22. The summed E-state index contributed by atoms with van der Waals surface area (Å²) in [5, 5.41) is 21.9. The maximum Gasteiger partial charge on any atom is 0.310 e. The average Bonchev–Trinajstić information content (AvgIpc) is 2.50. The number of allylic oxidation sites excluding steroid dienone is 2. The number of carbonyl (C=O) groups excluding carboxylic acids is 1. The van der Waals surface area contributed by atoms with Crippen molar-refractivity contribution in [1.29, 1.82) is 0 Å². The van der Waals surface area contributed by atoms with Gasteiger partial charge in [-0.15, -0.1) is 0 Å². The summed E-state index contributed by atoms with van der Waals surface area (Å²) in [6.45, 7) is 3.21. The van der Waals surface area contributed by atoms with E-state index in [-0.39, 0.29) is 11.3 Å². The number of hydrogen-bond acceptors (Lipinski definition) is 4. The Bertz CT molecular complexity index is 632. The molecule has 7 nitrogen and oxygen atoms in total. The first-order valence-corrected chi connectivity index (χ1v) is 6.48. The third-order valence-corrected chi connectivity index (χ3v) is 2.86. The third-order valence-electron chi connectivity index (χ3n) is 2.86. The first-order valence-electron chi connectivity index (χ1n) is 6.48. The molecule has 1 aromatic rings. The number of carbonyl (C=O) groups is 2. The summed E-state index contributed by atoms with van der Waals surface area (Å²) in [4.78, 5) is 32.7. The minimum atomic E-state index is -0.964. The van der Waals surface area contributed by atoms with Crippen molar-refractivity contribution in [2.24, 2.45) is 5.92 Å². The van der Waals surface area contributed by atoms with E-state index in [1.54, 1.807) is 13.0 Å². The molecule has 0 radical (unpaired) electrons. The summed E-state index contributed by atoms with van der Waals surface area (Å²) in [6.07, 6.45) is 4.57. The van der Waals surface area contributed by atoms with Gasteiger partial charge in [-0.2, -0.15) is 0 Å². The smallest absolute Gasteiger partial charge is 0.310 e. The van der Waals surface area contributed by atoms with Gasteiger partial charge in [0.2, 0.25) is 0 Å². The molecule has 22 heavy (non-hydrogen) atoms. The van der Waals surface area contributed by atoms with Crippen molar-refractivity contribution >= 4 is 17.6 Å². The molecule has 1 unspecified atom stereocenters. The van der Waals surface area contributed by atoms with Crippen LogP contribution in [0.4, 0.5) is 5.69 Å². The lowest BCUT2D eigenvalue weighted by molar-refractivity contribution is -0.384. The van der Waals surface area contributed by atoms with E-state index in [1.807, 2.05) is 0 Å². The number of rotatable bonds is 6. The summed E-state index contributed by atoms with van der Waals surface area (Å²) in [7, 11) is 0. The van der Waals surface area contributed by atoms with Crippen LogP contribution >= 0.6 is 0 Å². The first-order chi connectivity index (χ1) is 10.3. The van der Waals surface area contributed by atoms with Crippen molar-refractivity contribution in [1.82, 2.24) is 5.32 Å². The molecule has 1 atom stereocenters. The number of nitrogens with one attached hydrogen (secondary N) is 1. The quantitative estimate of drug-likeness (QED) is 0.476. The Morgan fingerprint density at radius 2 is 1.91 bits per heavy atom. The van der Waals surface area contributed by atoms with Crippen LogP contribution in [0.2, 0.25) is 0 Å². The van der Waals surface area contributed by atoms with Gasteiger partial charge in [0.05, 0.1) is 10.8 Å². The number of carboxylic acid groups (broad SMARTS) is 1. The Balaban J connectivity index is 2.77. The van der Waals surface area contributed by atoms with E-state index in [0.29, 0.717) is 5.70 Å². The van der Waals surface area contributed by atoms with E-state index >= 15 is 0 Å². The molecule has 7 heteroatoms. The molecule has 116 valence electrons. The highest BCUT2D eigenvalue weighted by atomic mass is 16.6. The maximum atomic E-state index is 12.0.